The molecule has 0 bridgehead atoms. The minimum atomic E-state index is 0. The normalized spacial score (nSPS) is 11.7. The van der Waals surface area contributed by atoms with Crippen molar-refractivity contribution in [1.82, 2.24) is 0 Å². The van der Waals surface area contributed by atoms with Crippen molar-refractivity contribution in [3.05, 3.63) is 0 Å². The summed E-state index contributed by atoms with van der Waals surface area (Å²) in [7, 11) is 0. The van der Waals surface area contributed by atoms with Crippen molar-refractivity contribution in [2.75, 3.05) is 13.1 Å². The van der Waals surface area contributed by atoms with Gasteiger partial charge in [0.2, 0.25) is 0 Å². The van der Waals surface area contributed by atoms with Crippen LogP contribution in [0.2, 0.25) is 0 Å². The maximum absolute atomic E-state index is 2.62. The highest BCUT2D eigenvalue weighted by atomic mass is 79.9. The minimum Gasteiger partial charge on any atom is -1.00 e. The molecule has 0 heterocycles. The van der Waals surface area contributed by atoms with Gasteiger partial charge in [-0.25, -0.2) is 0 Å². The molecule has 0 aliphatic carbocycles. The van der Waals surface area contributed by atoms with Crippen molar-refractivity contribution in [2.24, 2.45) is 5.41 Å². The summed E-state index contributed by atoms with van der Waals surface area (Å²) in [6, 6.07) is 0. The number of rotatable bonds is 34. The van der Waals surface area contributed by atoms with Gasteiger partial charge < -0.3 is 22.3 Å². The van der Waals surface area contributed by atoms with Crippen LogP contribution >= 0.6 is 0 Å². The first-order chi connectivity index (χ1) is 19.1. The Labute approximate surface area is 266 Å². The van der Waals surface area contributed by atoms with E-state index in [9.17, 15) is 0 Å². The zero-order valence-corrected chi connectivity index (χ0v) is 30.4. The summed E-state index contributed by atoms with van der Waals surface area (Å²) in [5.74, 6) is 0. The van der Waals surface area contributed by atoms with Crippen molar-refractivity contribution in [2.45, 2.75) is 227 Å². The quantitative estimate of drug-likeness (QED) is 0.0682. The summed E-state index contributed by atoms with van der Waals surface area (Å²) in [6.07, 6.45) is 45.3. The highest BCUT2D eigenvalue weighted by Crippen LogP contribution is 2.22. The fourth-order valence-corrected chi connectivity index (χ4v) is 6.23. The molecule has 1 nitrogen and oxygen atoms in total. The third-order valence-corrected chi connectivity index (χ3v) is 9.17. The van der Waals surface area contributed by atoms with Crippen LogP contribution in [0, 0.1) is 5.41 Å². The Morgan fingerprint density at radius 1 is 0.350 bits per heavy atom. The van der Waals surface area contributed by atoms with E-state index >= 15 is 0 Å². The molecule has 0 aromatic carbocycles. The van der Waals surface area contributed by atoms with E-state index in [-0.39, 0.29) is 17.0 Å². The third-order valence-electron chi connectivity index (χ3n) is 9.17. The van der Waals surface area contributed by atoms with E-state index in [0.29, 0.717) is 5.41 Å². The lowest BCUT2D eigenvalue weighted by molar-refractivity contribution is -0.666. The second-order valence-electron chi connectivity index (χ2n) is 14.1. The zero-order chi connectivity index (χ0) is 28.5. The molecule has 0 unspecified atom stereocenters. The van der Waals surface area contributed by atoms with Crippen LogP contribution < -0.4 is 22.3 Å². The lowest BCUT2D eigenvalue weighted by Crippen LogP contribution is -3.00. The molecule has 0 aromatic heterocycles. The maximum atomic E-state index is 2.62. The molecule has 0 radical (unpaired) electrons. The van der Waals surface area contributed by atoms with Gasteiger partial charge in [-0.15, -0.1) is 0 Å². The van der Waals surface area contributed by atoms with E-state index in [1.54, 1.807) is 0 Å². The van der Waals surface area contributed by atoms with Crippen LogP contribution in [0.5, 0.6) is 0 Å². The average Bonchev–Trinajstić information content (AvgIpc) is 2.92. The zero-order valence-electron chi connectivity index (χ0n) is 28.8. The fraction of sp³-hybridized carbons (Fsp3) is 1.00. The Balaban J connectivity index is 0. The van der Waals surface area contributed by atoms with E-state index in [1.807, 2.05) is 0 Å². The molecule has 0 aromatic rings. The van der Waals surface area contributed by atoms with E-state index in [2.05, 4.69) is 33.0 Å². The molecule has 0 rings (SSSR count). The van der Waals surface area contributed by atoms with Crippen molar-refractivity contribution >= 4 is 0 Å². The van der Waals surface area contributed by atoms with Crippen LogP contribution in [-0.2, 0) is 0 Å². The molecule has 40 heavy (non-hydrogen) atoms. The van der Waals surface area contributed by atoms with Gasteiger partial charge in [0, 0.05) is 5.41 Å². The second-order valence-corrected chi connectivity index (χ2v) is 14.1. The first-order valence-corrected chi connectivity index (χ1v) is 18.9. The molecule has 0 saturated heterocycles. The SMILES string of the molecule is CCCCCCCCCCCCCCCCCC[NH2+]CC(C)(C)CCCCCCCCCCCCCCCC.[Br-]. The minimum absolute atomic E-state index is 0. The van der Waals surface area contributed by atoms with Gasteiger partial charge in [-0.3, -0.25) is 0 Å². The Morgan fingerprint density at radius 3 is 0.900 bits per heavy atom. The molecule has 0 aliphatic heterocycles. The van der Waals surface area contributed by atoms with E-state index < -0.39 is 0 Å². The van der Waals surface area contributed by atoms with Gasteiger partial charge in [-0.1, -0.05) is 207 Å². The highest BCUT2D eigenvalue weighted by Gasteiger charge is 2.19. The third kappa shape index (κ3) is 36.5. The first-order valence-electron chi connectivity index (χ1n) is 18.9. The molecule has 0 spiro atoms. The molecule has 0 amide bonds. The molecule has 2 N–H and O–H groups in total. The van der Waals surface area contributed by atoms with Gasteiger partial charge in [0.05, 0.1) is 13.1 Å². The standard InChI is InChI=1S/C38H79N.BrH/c1-5-7-9-11-13-15-17-19-21-22-24-26-28-30-32-34-36-39-37-38(3,4)35-33-31-29-27-25-23-20-18-16-14-12-10-8-6-2;/h39H,5-37H2,1-4H3;1H. The van der Waals surface area contributed by atoms with Crippen LogP contribution in [0.25, 0.3) is 0 Å². The number of nitrogens with two attached hydrogens (primary N) is 1. The molecule has 0 aliphatic rings. The van der Waals surface area contributed by atoms with E-state index in [4.69, 9.17) is 0 Å². The fourth-order valence-electron chi connectivity index (χ4n) is 6.23. The number of hydrogen-bond acceptors (Lipinski definition) is 0. The van der Waals surface area contributed by atoms with Crippen molar-refractivity contribution in [3.8, 4) is 0 Å². The predicted octanol–water partition coefficient (Wildman–Crippen LogP) is 9.71. The van der Waals surface area contributed by atoms with Gasteiger partial charge in [0.15, 0.2) is 0 Å². The summed E-state index contributed by atoms with van der Waals surface area (Å²) < 4.78 is 0. The summed E-state index contributed by atoms with van der Waals surface area (Å²) in [4.78, 5) is 0. The predicted molar refractivity (Wildman–Crippen MR) is 180 cm³/mol. The molecule has 0 fully saturated rings. The molecule has 244 valence electrons. The molecule has 0 atom stereocenters. The number of unbranched alkanes of at least 4 members (excludes halogenated alkanes) is 28. The first kappa shape index (κ1) is 42.6. The molecular formula is C38H80BrN. The number of quaternary nitrogens is 1. The van der Waals surface area contributed by atoms with Gasteiger partial charge in [-0.05, 0) is 19.3 Å². The largest absolute Gasteiger partial charge is 1.00 e. The second kappa shape index (κ2) is 35.6. The van der Waals surface area contributed by atoms with E-state index in [0.717, 1.165) is 0 Å². The van der Waals surface area contributed by atoms with Crippen LogP contribution in [0.3, 0.4) is 0 Å². The molecular weight excluding hydrogens is 550 g/mol. The monoisotopic (exact) mass is 630 g/mol. The summed E-state index contributed by atoms with van der Waals surface area (Å²) in [5, 5.41) is 2.62. The van der Waals surface area contributed by atoms with Gasteiger partial charge in [0.1, 0.15) is 0 Å². The van der Waals surface area contributed by atoms with Gasteiger partial charge in [-0.2, -0.15) is 0 Å². The lowest BCUT2D eigenvalue weighted by atomic mass is 9.86. The Morgan fingerprint density at radius 2 is 0.600 bits per heavy atom. The van der Waals surface area contributed by atoms with Gasteiger partial charge >= 0.3 is 0 Å². The van der Waals surface area contributed by atoms with Crippen molar-refractivity contribution in [1.29, 1.82) is 0 Å². The van der Waals surface area contributed by atoms with Crippen LogP contribution in [-0.4, -0.2) is 13.1 Å². The summed E-state index contributed by atoms with van der Waals surface area (Å²) >= 11 is 0. The maximum Gasteiger partial charge on any atom is 0.0807 e. The Bertz CT molecular complexity index is 435. The summed E-state index contributed by atoms with van der Waals surface area (Å²) in [6.45, 7) is 12.3. The highest BCUT2D eigenvalue weighted by molar-refractivity contribution is 4.66. The van der Waals surface area contributed by atoms with Crippen LogP contribution in [0.15, 0.2) is 0 Å². The average molecular weight is 631 g/mol. The van der Waals surface area contributed by atoms with Crippen LogP contribution in [0.4, 0.5) is 0 Å². The molecule has 0 saturated carbocycles. The molecule has 2 heteroatoms. The number of hydrogen-bond donors (Lipinski definition) is 1. The number of halogens is 1. The van der Waals surface area contributed by atoms with E-state index in [1.165, 1.54) is 212 Å². The lowest BCUT2D eigenvalue weighted by Gasteiger charge is -2.22. The van der Waals surface area contributed by atoms with Crippen LogP contribution in [0.1, 0.15) is 227 Å². The van der Waals surface area contributed by atoms with Crippen molar-refractivity contribution < 1.29 is 22.3 Å². The van der Waals surface area contributed by atoms with Gasteiger partial charge in [0.25, 0.3) is 0 Å². The topological polar surface area (TPSA) is 16.6 Å². The summed E-state index contributed by atoms with van der Waals surface area (Å²) in [5.41, 5.74) is 0.520. The Hall–Kier alpha value is 0.440. The Kier molecular flexibility index (Phi) is 37.9. The van der Waals surface area contributed by atoms with Crippen molar-refractivity contribution in [3.63, 3.8) is 0 Å². The smallest absolute Gasteiger partial charge is 0.0807 e.